The van der Waals surface area contributed by atoms with E-state index in [1.165, 1.54) is 0 Å². The molecular weight excluding hydrogens is 228 g/mol. The monoisotopic (exact) mass is 246 g/mol. The van der Waals surface area contributed by atoms with Crippen LogP contribution < -0.4 is 10.5 Å². The minimum Gasteiger partial charge on any atom is -0.494 e. The highest BCUT2D eigenvalue weighted by Gasteiger charge is 2.08. The van der Waals surface area contributed by atoms with Crippen LogP contribution in [0.15, 0.2) is 24.3 Å². The SMILES string of the molecule is CCOc1ccc(-c2nc(CCN)n(C)n2)cc1. The topological polar surface area (TPSA) is 66.0 Å². The lowest BCUT2D eigenvalue weighted by Gasteiger charge is -2.02. The van der Waals surface area contributed by atoms with Crippen molar-refractivity contribution in [1.29, 1.82) is 0 Å². The van der Waals surface area contributed by atoms with Crippen molar-refractivity contribution < 1.29 is 4.74 Å². The highest BCUT2D eigenvalue weighted by atomic mass is 16.5. The zero-order valence-electron chi connectivity index (χ0n) is 10.8. The molecule has 5 heteroatoms. The molecule has 0 fully saturated rings. The van der Waals surface area contributed by atoms with E-state index in [1.807, 2.05) is 38.2 Å². The number of benzene rings is 1. The minimum absolute atomic E-state index is 0.579. The molecule has 0 saturated heterocycles. The Morgan fingerprint density at radius 2 is 2.00 bits per heavy atom. The fourth-order valence-corrected chi connectivity index (χ4v) is 1.75. The van der Waals surface area contributed by atoms with Crippen molar-refractivity contribution in [1.82, 2.24) is 14.8 Å². The first-order valence-electron chi connectivity index (χ1n) is 6.07. The Labute approximate surface area is 107 Å². The van der Waals surface area contributed by atoms with Gasteiger partial charge in [-0.25, -0.2) is 4.98 Å². The second-order valence-corrected chi connectivity index (χ2v) is 3.97. The summed E-state index contributed by atoms with van der Waals surface area (Å²) in [5.74, 6) is 2.49. The summed E-state index contributed by atoms with van der Waals surface area (Å²) >= 11 is 0. The molecule has 2 N–H and O–H groups in total. The Morgan fingerprint density at radius 3 is 2.61 bits per heavy atom. The van der Waals surface area contributed by atoms with Crippen molar-refractivity contribution in [3.05, 3.63) is 30.1 Å². The molecule has 1 aromatic carbocycles. The Hall–Kier alpha value is -1.88. The molecular formula is C13H18N4O. The quantitative estimate of drug-likeness (QED) is 0.865. The zero-order chi connectivity index (χ0) is 13.0. The summed E-state index contributed by atoms with van der Waals surface area (Å²) in [5.41, 5.74) is 6.52. The average Bonchev–Trinajstić information content (AvgIpc) is 2.73. The third-order valence-corrected chi connectivity index (χ3v) is 2.64. The molecule has 0 atom stereocenters. The number of ether oxygens (including phenoxy) is 1. The van der Waals surface area contributed by atoms with Gasteiger partial charge in [0.2, 0.25) is 0 Å². The first-order chi connectivity index (χ1) is 8.74. The molecule has 5 nitrogen and oxygen atoms in total. The van der Waals surface area contributed by atoms with E-state index in [4.69, 9.17) is 10.5 Å². The third kappa shape index (κ3) is 2.68. The second kappa shape index (κ2) is 5.64. The molecule has 0 amide bonds. The largest absolute Gasteiger partial charge is 0.494 e. The molecule has 96 valence electrons. The van der Waals surface area contributed by atoms with Crippen LogP contribution in [-0.2, 0) is 13.5 Å². The number of nitrogens with zero attached hydrogens (tertiary/aromatic N) is 3. The van der Waals surface area contributed by atoms with Gasteiger partial charge in [-0.05, 0) is 37.7 Å². The smallest absolute Gasteiger partial charge is 0.181 e. The summed E-state index contributed by atoms with van der Waals surface area (Å²) in [6, 6.07) is 7.79. The summed E-state index contributed by atoms with van der Waals surface area (Å²) in [4.78, 5) is 4.48. The van der Waals surface area contributed by atoms with E-state index in [0.29, 0.717) is 13.2 Å². The summed E-state index contributed by atoms with van der Waals surface area (Å²) in [6.07, 6.45) is 0.737. The molecule has 0 unspecified atom stereocenters. The van der Waals surface area contributed by atoms with Crippen LogP contribution in [0.25, 0.3) is 11.4 Å². The van der Waals surface area contributed by atoms with E-state index in [2.05, 4.69) is 10.1 Å². The molecule has 0 radical (unpaired) electrons. The Balaban J connectivity index is 2.22. The maximum Gasteiger partial charge on any atom is 0.181 e. The van der Waals surface area contributed by atoms with Gasteiger partial charge < -0.3 is 10.5 Å². The Morgan fingerprint density at radius 1 is 1.28 bits per heavy atom. The van der Waals surface area contributed by atoms with Crippen LogP contribution in [0.2, 0.25) is 0 Å². The van der Waals surface area contributed by atoms with E-state index in [1.54, 1.807) is 4.68 Å². The van der Waals surface area contributed by atoms with E-state index in [-0.39, 0.29) is 0 Å². The van der Waals surface area contributed by atoms with Crippen molar-refractivity contribution in [3.63, 3.8) is 0 Å². The van der Waals surface area contributed by atoms with E-state index in [9.17, 15) is 0 Å². The van der Waals surface area contributed by atoms with Crippen LogP contribution >= 0.6 is 0 Å². The van der Waals surface area contributed by atoms with E-state index < -0.39 is 0 Å². The lowest BCUT2D eigenvalue weighted by Crippen LogP contribution is -2.08. The standard InChI is InChI=1S/C13H18N4O/c1-3-18-11-6-4-10(5-7-11)13-15-12(8-9-14)17(2)16-13/h4-7H,3,8-9,14H2,1-2H3. The van der Waals surface area contributed by atoms with Gasteiger partial charge in [-0.3, -0.25) is 4.68 Å². The number of nitrogens with two attached hydrogens (primary N) is 1. The molecule has 1 heterocycles. The minimum atomic E-state index is 0.579. The Bertz CT molecular complexity index is 504. The Kier molecular flexibility index (Phi) is 3.94. The molecule has 1 aromatic heterocycles. The summed E-state index contributed by atoms with van der Waals surface area (Å²) in [7, 11) is 1.88. The molecule has 2 aromatic rings. The van der Waals surface area contributed by atoms with E-state index >= 15 is 0 Å². The van der Waals surface area contributed by atoms with Crippen LogP contribution in [0, 0.1) is 0 Å². The number of rotatable bonds is 5. The van der Waals surface area contributed by atoms with Crippen molar-refractivity contribution in [2.45, 2.75) is 13.3 Å². The van der Waals surface area contributed by atoms with Gasteiger partial charge in [0.1, 0.15) is 11.6 Å². The van der Waals surface area contributed by atoms with Crippen LogP contribution in [0.1, 0.15) is 12.7 Å². The van der Waals surface area contributed by atoms with Crippen molar-refractivity contribution >= 4 is 0 Å². The van der Waals surface area contributed by atoms with Gasteiger partial charge in [-0.1, -0.05) is 0 Å². The zero-order valence-corrected chi connectivity index (χ0v) is 10.8. The van der Waals surface area contributed by atoms with Gasteiger partial charge in [0.05, 0.1) is 6.61 Å². The fraction of sp³-hybridized carbons (Fsp3) is 0.385. The highest BCUT2D eigenvalue weighted by Crippen LogP contribution is 2.19. The summed E-state index contributed by atoms with van der Waals surface area (Å²) in [6.45, 7) is 3.21. The number of aromatic nitrogens is 3. The molecule has 2 rings (SSSR count). The average molecular weight is 246 g/mol. The molecule has 0 bridgehead atoms. The number of hydrogen-bond acceptors (Lipinski definition) is 4. The highest BCUT2D eigenvalue weighted by molar-refractivity contribution is 5.55. The molecule has 0 aliphatic heterocycles. The lowest BCUT2D eigenvalue weighted by atomic mass is 10.2. The van der Waals surface area contributed by atoms with Crippen LogP contribution in [0.4, 0.5) is 0 Å². The van der Waals surface area contributed by atoms with Gasteiger partial charge >= 0.3 is 0 Å². The first kappa shape index (κ1) is 12.6. The first-order valence-corrected chi connectivity index (χ1v) is 6.07. The normalized spacial score (nSPS) is 10.6. The molecule has 18 heavy (non-hydrogen) atoms. The van der Waals surface area contributed by atoms with Gasteiger partial charge in [-0.2, -0.15) is 5.10 Å². The van der Waals surface area contributed by atoms with Crippen LogP contribution in [0.3, 0.4) is 0 Å². The third-order valence-electron chi connectivity index (χ3n) is 2.64. The molecule has 0 aliphatic carbocycles. The number of hydrogen-bond donors (Lipinski definition) is 1. The van der Waals surface area contributed by atoms with Gasteiger partial charge in [-0.15, -0.1) is 0 Å². The fourth-order valence-electron chi connectivity index (χ4n) is 1.75. The molecule has 0 saturated carbocycles. The van der Waals surface area contributed by atoms with Crippen LogP contribution in [0.5, 0.6) is 5.75 Å². The lowest BCUT2D eigenvalue weighted by molar-refractivity contribution is 0.340. The molecule has 0 aliphatic rings. The van der Waals surface area contributed by atoms with Crippen molar-refractivity contribution in [3.8, 4) is 17.1 Å². The second-order valence-electron chi connectivity index (χ2n) is 3.97. The summed E-state index contributed by atoms with van der Waals surface area (Å²) in [5, 5.41) is 4.38. The maximum absolute atomic E-state index is 5.53. The van der Waals surface area contributed by atoms with Gasteiger partial charge in [0.15, 0.2) is 5.82 Å². The summed E-state index contributed by atoms with van der Waals surface area (Å²) < 4.78 is 7.18. The van der Waals surface area contributed by atoms with Crippen molar-refractivity contribution in [2.24, 2.45) is 12.8 Å². The van der Waals surface area contributed by atoms with Crippen LogP contribution in [-0.4, -0.2) is 27.9 Å². The van der Waals surface area contributed by atoms with Gasteiger partial charge in [0.25, 0.3) is 0 Å². The number of aryl methyl sites for hydroxylation is 1. The van der Waals surface area contributed by atoms with Crippen molar-refractivity contribution in [2.75, 3.05) is 13.2 Å². The van der Waals surface area contributed by atoms with Gasteiger partial charge in [0, 0.05) is 19.0 Å². The maximum atomic E-state index is 5.53. The van der Waals surface area contributed by atoms with E-state index in [0.717, 1.165) is 29.4 Å². The molecule has 0 spiro atoms. The predicted molar refractivity (Wildman–Crippen MR) is 70.4 cm³/mol. The predicted octanol–water partition coefficient (Wildman–Crippen LogP) is 1.38.